The lowest BCUT2D eigenvalue weighted by Gasteiger charge is -2.16. The molecule has 6 nitrogen and oxygen atoms in total. The molecule has 1 aromatic heterocycles. The highest BCUT2D eigenvalue weighted by Crippen LogP contribution is 2.27. The summed E-state index contributed by atoms with van der Waals surface area (Å²) in [6.07, 6.45) is 1.84. The van der Waals surface area contributed by atoms with Crippen molar-refractivity contribution in [1.82, 2.24) is 4.98 Å². The summed E-state index contributed by atoms with van der Waals surface area (Å²) in [7, 11) is 1.69. The molecule has 6 heteroatoms. The standard InChI is InChI=1S/C10H12N4O2/c1-8-4-6-12-10(9(8)14(15)16)13(2)7-3-5-11/h4,6H,3,7H2,1-2H3. The zero-order valence-corrected chi connectivity index (χ0v) is 9.17. The van der Waals surface area contributed by atoms with Crippen molar-refractivity contribution in [2.45, 2.75) is 13.3 Å². The predicted octanol–water partition coefficient (Wildman–Crippen LogP) is 1.65. The third-order valence-corrected chi connectivity index (χ3v) is 2.21. The van der Waals surface area contributed by atoms with Crippen LogP contribution in [0.25, 0.3) is 0 Å². The van der Waals surface area contributed by atoms with E-state index in [9.17, 15) is 10.1 Å². The van der Waals surface area contributed by atoms with Gasteiger partial charge in [0.25, 0.3) is 0 Å². The Hall–Kier alpha value is -2.16. The van der Waals surface area contributed by atoms with Gasteiger partial charge in [0.1, 0.15) is 0 Å². The minimum Gasteiger partial charge on any atom is -0.353 e. The van der Waals surface area contributed by atoms with Gasteiger partial charge in [-0.05, 0) is 13.0 Å². The Morgan fingerprint density at radius 2 is 2.38 bits per heavy atom. The number of rotatable bonds is 4. The Bertz CT molecular complexity index is 439. The highest BCUT2D eigenvalue weighted by Gasteiger charge is 2.21. The number of hydrogen-bond donors (Lipinski definition) is 0. The first-order valence-electron chi connectivity index (χ1n) is 4.76. The van der Waals surface area contributed by atoms with E-state index in [-0.39, 0.29) is 5.69 Å². The van der Waals surface area contributed by atoms with Gasteiger partial charge in [-0.3, -0.25) is 10.1 Å². The molecular formula is C10H12N4O2. The summed E-state index contributed by atoms with van der Waals surface area (Å²) in [6.45, 7) is 2.09. The zero-order chi connectivity index (χ0) is 12.1. The molecule has 1 aromatic rings. The van der Waals surface area contributed by atoms with Gasteiger partial charge in [0.05, 0.1) is 17.4 Å². The first-order chi connectivity index (χ1) is 7.57. The molecule has 0 aromatic carbocycles. The number of hydrogen-bond acceptors (Lipinski definition) is 5. The molecule has 16 heavy (non-hydrogen) atoms. The summed E-state index contributed by atoms with van der Waals surface area (Å²) in [6, 6.07) is 3.59. The third-order valence-electron chi connectivity index (χ3n) is 2.21. The maximum Gasteiger partial charge on any atom is 0.314 e. The Kier molecular flexibility index (Phi) is 3.78. The van der Waals surface area contributed by atoms with E-state index in [4.69, 9.17) is 5.26 Å². The molecule has 0 unspecified atom stereocenters. The molecule has 0 N–H and O–H groups in total. The molecule has 0 aliphatic carbocycles. The highest BCUT2D eigenvalue weighted by molar-refractivity contribution is 5.61. The Morgan fingerprint density at radius 1 is 1.69 bits per heavy atom. The lowest BCUT2D eigenvalue weighted by Crippen LogP contribution is -2.20. The SMILES string of the molecule is Cc1ccnc(N(C)CCC#N)c1[N+](=O)[O-]. The molecule has 0 atom stereocenters. The Morgan fingerprint density at radius 3 is 2.94 bits per heavy atom. The Balaban J connectivity index is 3.08. The normalized spacial score (nSPS) is 9.56. The van der Waals surface area contributed by atoms with E-state index in [1.54, 1.807) is 24.9 Å². The number of anilines is 1. The molecule has 84 valence electrons. The van der Waals surface area contributed by atoms with Crippen molar-refractivity contribution >= 4 is 11.5 Å². The van der Waals surface area contributed by atoms with Crippen LogP contribution >= 0.6 is 0 Å². The fourth-order valence-corrected chi connectivity index (χ4v) is 1.36. The average molecular weight is 220 g/mol. The molecule has 0 radical (unpaired) electrons. The second kappa shape index (κ2) is 5.07. The number of aromatic nitrogens is 1. The van der Waals surface area contributed by atoms with E-state index >= 15 is 0 Å². The van der Waals surface area contributed by atoms with Crippen LogP contribution in [0, 0.1) is 28.4 Å². The van der Waals surface area contributed by atoms with Gasteiger partial charge in [-0.2, -0.15) is 5.26 Å². The average Bonchev–Trinajstić information content (AvgIpc) is 2.24. The van der Waals surface area contributed by atoms with Crippen molar-refractivity contribution in [1.29, 1.82) is 5.26 Å². The number of pyridine rings is 1. The van der Waals surface area contributed by atoms with E-state index in [0.29, 0.717) is 24.3 Å². The molecular weight excluding hydrogens is 208 g/mol. The molecule has 0 aliphatic rings. The van der Waals surface area contributed by atoms with E-state index in [2.05, 4.69) is 4.98 Å². The van der Waals surface area contributed by atoms with Crippen LogP contribution in [0.5, 0.6) is 0 Å². The van der Waals surface area contributed by atoms with Gasteiger partial charge in [0.2, 0.25) is 5.82 Å². The fraction of sp³-hybridized carbons (Fsp3) is 0.400. The third kappa shape index (κ3) is 2.45. The first kappa shape index (κ1) is 11.9. The monoisotopic (exact) mass is 220 g/mol. The van der Waals surface area contributed by atoms with Crippen molar-refractivity contribution in [2.75, 3.05) is 18.5 Å². The van der Waals surface area contributed by atoms with Crippen molar-refractivity contribution in [3.05, 3.63) is 27.9 Å². The molecule has 0 amide bonds. The Labute approximate surface area is 93.3 Å². The van der Waals surface area contributed by atoms with Gasteiger partial charge >= 0.3 is 5.69 Å². The van der Waals surface area contributed by atoms with E-state index in [0.717, 1.165) is 0 Å². The summed E-state index contributed by atoms with van der Waals surface area (Å²) in [5.74, 6) is 0.306. The predicted molar refractivity (Wildman–Crippen MR) is 59.1 cm³/mol. The second-order valence-corrected chi connectivity index (χ2v) is 3.39. The molecule has 0 spiro atoms. The van der Waals surface area contributed by atoms with E-state index in [1.165, 1.54) is 6.20 Å². The number of nitriles is 1. The van der Waals surface area contributed by atoms with Gasteiger partial charge in [0.15, 0.2) is 0 Å². The lowest BCUT2D eigenvalue weighted by molar-refractivity contribution is -0.384. The summed E-state index contributed by atoms with van der Waals surface area (Å²) in [4.78, 5) is 16.1. The summed E-state index contributed by atoms with van der Waals surface area (Å²) >= 11 is 0. The summed E-state index contributed by atoms with van der Waals surface area (Å²) in [5, 5.41) is 19.4. The minimum atomic E-state index is -0.444. The maximum atomic E-state index is 10.9. The summed E-state index contributed by atoms with van der Waals surface area (Å²) < 4.78 is 0. The van der Waals surface area contributed by atoms with Crippen LogP contribution < -0.4 is 4.90 Å². The van der Waals surface area contributed by atoms with Crippen molar-refractivity contribution in [2.24, 2.45) is 0 Å². The molecule has 1 heterocycles. The van der Waals surface area contributed by atoms with E-state index in [1.807, 2.05) is 6.07 Å². The van der Waals surface area contributed by atoms with Gasteiger partial charge in [-0.15, -0.1) is 0 Å². The van der Waals surface area contributed by atoms with E-state index < -0.39 is 4.92 Å². The lowest BCUT2D eigenvalue weighted by atomic mass is 10.2. The first-order valence-corrected chi connectivity index (χ1v) is 4.76. The van der Waals surface area contributed by atoms with Gasteiger partial charge < -0.3 is 4.90 Å². The van der Waals surface area contributed by atoms with Crippen molar-refractivity contribution < 1.29 is 4.92 Å². The summed E-state index contributed by atoms with van der Waals surface area (Å²) in [5.41, 5.74) is 0.571. The maximum absolute atomic E-state index is 10.9. The van der Waals surface area contributed by atoms with Crippen LogP contribution in [0.15, 0.2) is 12.3 Å². The topological polar surface area (TPSA) is 83.1 Å². The smallest absolute Gasteiger partial charge is 0.314 e. The highest BCUT2D eigenvalue weighted by atomic mass is 16.6. The molecule has 0 fully saturated rings. The molecule has 0 aliphatic heterocycles. The van der Waals surface area contributed by atoms with Crippen LogP contribution in [0.3, 0.4) is 0 Å². The second-order valence-electron chi connectivity index (χ2n) is 3.39. The van der Waals surface area contributed by atoms with Gasteiger partial charge in [-0.1, -0.05) is 0 Å². The van der Waals surface area contributed by atoms with Crippen LogP contribution in [0.2, 0.25) is 0 Å². The number of nitro groups is 1. The molecule has 0 saturated carbocycles. The largest absolute Gasteiger partial charge is 0.353 e. The quantitative estimate of drug-likeness (QED) is 0.569. The molecule has 0 saturated heterocycles. The minimum absolute atomic E-state index is 0.00272. The zero-order valence-electron chi connectivity index (χ0n) is 9.17. The van der Waals surface area contributed by atoms with Gasteiger partial charge in [-0.25, -0.2) is 4.98 Å². The van der Waals surface area contributed by atoms with Crippen LogP contribution in [-0.2, 0) is 0 Å². The van der Waals surface area contributed by atoms with Crippen LogP contribution in [-0.4, -0.2) is 23.5 Å². The van der Waals surface area contributed by atoms with Crippen LogP contribution in [0.4, 0.5) is 11.5 Å². The molecule has 0 bridgehead atoms. The van der Waals surface area contributed by atoms with Crippen molar-refractivity contribution in [3.63, 3.8) is 0 Å². The fourth-order valence-electron chi connectivity index (χ4n) is 1.36. The molecule has 1 rings (SSSR count). The van der Waals surface area contributed by atoms with Gasteiger partial charge in [0, 0.05) is 25.4 Å². The number of nitrogens with zero attached hydrogens (tertiary/aromatic N) is 4. The van der Waals surface area contributed by atoms with Crippen molar-refractivity contribution in [3.8, 4) is 6.07 Å². The van der Waals surface area contributed by atoms with Crippen LogP contribution in [0.1, 0.15) is 12.0 Å². The number of aryl methyl sites for hydroxylation is 1.